The first-order valence-electron chi connectivity index (χ1n) is 8.69. The number of carbonyl (C=O) groups excluding carboxylic acids is 1. The minimum Gasteiger partial charge on any atom is -0.481 e. The number of fused-ring (bicyclic) bond motifs is 1. The van der Waals surface area contributed by atoms with Crippen LogP contribution >= 0.6 is 11.8 Å². The first-order valence-corrected chi connectivity index (χ1v) is 9.67. The highest BCUT2D eigenvalue weighted by Gasteiger charge is 2.13. The Hall–Kier alpha value is -3.32. The van der Waals surface area contributed by atoms with Crippen molar-refractivity contribution >= 4 is 29.0 Å². The fraction of sp³-hybridized carbons (Fsp3) is 0.0952. The van der Waals surface area contributed by atoms with E-state index in [1.165, 1.54) is 0 Å². The standard InChI is InChI=1S/C21H18N4O2S/c1-27-20-10-9-15(12-22-20)24-21(26)17-6-2-3-7-18(17)28-14-16-13-25-11-5-4-8-19(25)23-16/h2-13H,14H2,1H3,(H,24,26). The van der Waals surface area contributed by atoms with Crippen molar-refractivity contribution in [1.29, 1.82) is 0 Å². The number of aromatic nitrogens is 3. The van der Waals surface area contributed by atoms with Gasteiger partial charge < -0.3 is 14.5 Å². The molecule has 4 rings (SSSR count). The first-order chi connectivity index (χ1) is 13.7. The number of benzene rings is 1. The highest BCUT2D eigenvalue weighted by atomic mass is 32.2. The van der Waals surface area contributed by atoms with Gasteiger partial charge in [-0.15, -0.1) is 11.8 Å². The molecule has 0 aliphatic rings. The van der Waals surface area contributed by atoms with E-state index < -0.39 is 0 Å². The van der Waals surface area contributed by atoms with Crippen LogP contribution in [-0.4, -0.2) is 27.4 Å². The van der Waals surface area contributed by atoms with E-state index in [1.54, 1.807) is 37.2 Å². The van der Waals surface area contributed by atoms with Crippen molar-refractivity contribution in [2.75, 3.05) is 12.4 Å². The Morgan fingerprint density at radius 1 is 1.14 bits per heavy atom. The highest BCUT2D eigenvalue weighted by molar-refractivity contribution is 7.98. The molecule has 7 heteroatoms. The van der Waals surface area contributed by atoms with Crippen LogP contribution in [0.3, 0.4) is 0 Å². The normalized spacial score (nSPS) is 10.8. The Kier molecular flexibility index (Phi) is 5.25. The van der Waals surface area contributed by atoms with Gasteiger partial charge in [0.1, 0.15) is 5.65 Å². The van der Waals surface area contributed by atoms with Crippen molar-refractivity contribution in [2.45, 2.75) is 10.6 Å². The van der Waals surface area contributed by atoms with Gasteiger partial charge in [-0.1, -0.05) is 18.2 Å². The van der Waals surface area contributed by atoms with Gasteiger partial charge in [-0.2, -0.15) is 0 Å². The summed E-state index contributed by atoms with van der Waals surface area (Å²) < 4.78 is 7.03. The molecule has 0 saturated heterocycles. The lowest BCUT2D eigenvalue weighted by atomic mass is 10.2. The molecule has 0 aliphatic carbocycles. The smallest absolute Gasteiger partial charge is 0.256 e. The Morgan fingerprint density at radius 2 is 2.00 bits per heavy atom. The van der Waals surface area contributed by atoms with Gasteiger partial charge in [-0.25, -0.2) is 9.97 Å². The number of anilines is 1. The molecule has 140 valence electrons. The van der Waals surface area contributed by atoms with Crippen molar-refractivity contribution in [1.82, 2.24) is 14.4 Å². The third-order valence-electron chi connectivity index (χ3n) is 4.12. The fourth-order valence-corrected chi connectivity index (χ4v) is 3.70. The lowest BCUT2D eigenvalue weighted by Crippen LogP contribution is -2.13. The number of thioether (sulfide) groups is 1. The third kappa shape index (κ3) is 3.99. The average molecular weight is 390 g/mol. The molecule has 3 heterocycles. The molecule has 0 unspecified atom stereocenters. The number of imidazole rings is 1. The molecule has 1 amide bonds. The van der Waals surface area contributed by atoms with Crippen LogP contribution in [0.4, 0.5) is 5.69 Å². The number of carbonyl (C=O) groups is 1. The first kappa shape index (κ1) is 18.1. The number of pyridine rings is 2. The second-order valence-corrected chi connectivity index (χ2v) is 7.04. The zero-order chi connectivity index (χ0) is 19.3. The van der Waals surface area contributed by atoms with Gasteiger partial charge in [0.15, 0.2) is 0 Å². The molecule has 3 aromatic heterocycles. The average Bonchev–Trinajstić information content (AvgIpc) is 3.16. The SMILES string of the molecule is COc1ccc(NC(=O)c2ccccc2SCc2cn3ccccc3n2)cn1. The van der Waals surface area contributed by atoms with E-state index in [0.29, 0.717) is 22.9 Å². The van der Waals surface area contributed by atoms with E-state index in [0.717, 1.165) is 16.2 Å². The number of methoxy groups -OCH3 is 1. The van der Waals surface area contributed by atoms with Crippen molar-refractivity contribution in [3.63, 3.8) is 0 Å². The molecule has 0 aliphatic heterocycles. The highest BCUT2D eigenvalue weighted by Crippen LogP contribution is 2.27. The lowest BCUT2D eigenvalue weighted by Gasteiger charge is -2.09. The van der Waals surface area contributed by atoms with Crippen LogP contribution in [-0.2, 0) is 5.75 Å². The molecule has 1 aromatic carbocycles. The number of hydrogen-bond acceptors (Lipinski definition) is 5. The van der Waals surface area contributed by atoms with Gasteiger partial charge >= 0.3 is 0 Å². The van der Waals surface area contributed by atoms with Crippen LogP contribution in [0, 0.1) is 0 Å². The van der Waals surface area contributed by atoms with Crippen molar-refractivity contribution < 1.29 is 9.53 Å². The molecule has 6 nitrogen and oxygen atoms in total. The summed E-state index contributed by atoms with van der Waals surface area (Å²) in [6.45, 7) is 0. The summed E-state index contributed by atoms with van der Waals surface area (Å²) in [7, 11) is 1.55. The number of nitrogens with zero attached hydrogens (tertiary/aromatic N) is 3. The molecule has 0 bridgehead atoms. The van der Waals surface area contributed by atoms with Crippen molar-refractivity contribution in [3.8, 4) is 5.88 Å². The van der Waals surface area contributed by atoms with E-state index >= 15 is 0 Å². The molecule has 0 spiro atoms. The number of nitrogens with one attached hydrogen (secondary N) is 1. The maximum Gasteiger partial charge on any atom is 0.256 e. The van der Waals surface area contributed by atoms with E-state index in [1.807, 2.05) is 59.3 Å². The fourth-order valence-electron chi connectivity index (χ4n) is 2.76. The topological polar surface area (TPSA) is 68.5 Å². The minimum absolute atomic E-state index is 0.176. The number of hydrogen-bond donors (Lipinski definition) is 1. The van der Waals surface area contributed by atoms with Crippen LogP contribution < -0.4 is 10.1 Å². The van der Waals surface area contributed by atoms with Crippen LogP contribution in [0.2, 0.25) is 0 Å². The Morgan fingerprint density at radius 3 is 2.79 bits per heavy atom. The summed E-state index contributed by atoms with van der Waals surface area (Å²) in [5.41, 5.74) is 3.11. The zero-order valence-electron chi connectivity index (χ0n) is 15.2. The van der Waals surface area contributed by atoms with E-state index in [4.69, 9.17) is 4.74 Å². The van der Waals surface area contributed by atoms with Crippen LogP contribution in [0.1, 0.15) is 16.1 Å². The Labute approximate surface area is 166 Å². The monoisotopic (exact) mass is 390 g/mol. The van der Waals surface area contributed by atoms with E-state index in [9.17, 15) is 4.79 Å². The molecular weight excluding hydrogens is 372 g/mol. The molecular formula is C21H18N4O2S. The summed E-state index contributed by atoms with van der Waals surface area (Å²) in [6.07, 6.45) is 5.55. The Bertz CT molecular complexity index is 1080. The summed E-state index contributed by atoms with van der Waals surface area (Å²) in [6, 6.07) is 16.9. The second kappa shape index (κ2) is 8.14. The van der Waals surface area contributed by atoms with Gasteiger partial charge in [0.05, 0.1) is 30.3 Å². The number of rotatable bonds is 6. The summed E-state index contributed by atoms with van der Waals surface area (Å²) in [5.74, 6) is 1.00. The van der Waals surface area contributed by atoms with E-state index in [2.05, 4.69) is 15.3 Å². The molecule has 4 aromatic rings. The molecule has 0 radical (unpaired) electrons. The molecule has 28 heavy (non-hydrogen) atoms. The molecule has 0 fully saturated rings. The van der Waals surface area contributed by atoms with Gasteiger partial charge in [0.2, 0.25) is 5.88 Å². The van der Waals surface area contributed by atoms with Crippen LogP contribution in [0.15, 0.2) is 78.1 Å². The lowest BCUT2D eigenvalue weighted by molar-refractivity contribution is 0.102. The molecule has 0 saturated carbocycles. The predicted octanol–water partition coefficient (Wildman–Crippen LogP) is 4.28. The number of ether oxygens (including phenoxy) is 1. The Balaban J connectivity index is 1.48. The maximum atomic E-state index is 12.7. The van der Waals surface area contributed by atoms with Gasteiger partial charge in [0.25, 0.3) is 5.91 Å². The molecule has 0 atom stereocenters. The quantitative estimate of drug-likeness (QED) is 0.498. The summed E-state index contributed by atoms with van der Waals surface area (Å²) >= 11 is 1.59. The summed E-state index contributed by atoms with van der Waals surface area (Å²) in [4.78, 5) is 22.4. The maximum absolute atomic E-state index is 12.7. The van der Waals surface area contributed by atoms with Crippen LogP contribution in [0.25, 0.3) is 5.65 Å². The second-order valence-electron chi connectivity index (χ2n) is 6.03. The molecule has 1 N–H and O–H groups in total. The van der Waals surface area contributed by atoms with Gasteiger partial charge in [-0.3, -0.25) is 4.79 Å². The van der Waals surface area contributed by atoms with Crippen molar-refractivity contribution in [2.24, 2.45) is 0 Å². The summed E-state index contributed by atoms with van der Waals surface area (Å²) in [5, 5.41) is 2.88. The predicted molar refractivity (Wildman–Crippen MR) is 110 cm³/mol. The van der Waals surface area contributed by atoms with Gasteiger partial charge in [0, 0.05) is 29.1 Å². The number of amides is 1. The van der Waals surface area contributed by atoms with Crippen molar-refractivity contribution in [3.05, 3.63) is 84.4 Å². The third-order valence-corrected chi connectivity index (χ3v) is 5.23. The minimum atomic E-state index is -0.176. The largest absolute Gasteiger partial charge is 0.481 e. The van der Waals surface area contributed by atoms with E-state index in [-0.39, 0.29) is 5.91 Å². The van der Waals surface area contributed by atoms with Gasteiger partial charge in [-0.05, 0) is 30.3 Å². The van der Waals surface area contributed by atoms with Crippen LogP contribution in [0.5, 0.6) is 5.88 Å². The zero-order valence-corrected chi connectivity index (χ0v) is 16.0.